The fourth-order valence-electron chi connectivity index (χ4n) is 1.90. The number of rotatable bonds is 2. The van der Waals surface area contributed by atoms with Crippen LogP contribution in [0.25, 0.3) is 0 Å². The molecule has 0 aliphatic carbocycles. The summed E-state index contributed by atoms with van der Waals surface area (Å²) in [5.41, 5.74) is -1.25. The summed E-state index contributed by atoms with van der Waals surface area (Å²) in [5, 5.41) is 4.98. The smallest absolute Gasteiger partial charge is 0.399 e. The standard InChI is InChI=1S/C12H17BFNO4S/c1-11(2)12(3,4)19-13(18-11)8-6-5-7-9(10(8)14)20(15,16)17/h5-7H,1-4H3,(H2,15,16,17). The van der Waals surface area contributed by atoms with Gasteiger partial charge in [0.1, 0.15) is 10.7 Å². The van der Waals surface area contributed by atoms with Crippen molar-refractivity contribution in [2.75, 3.05) is 0 Å². The Morgan fingerprint density at radius 1 is 1.15 bits per heavy atom. The molecule has 1 saturated heterocycles. The molecule has 1 aliphatic rings. The highest BCUT2D eigenvalue weighted by molar-refractivity contribution is 7.89. The van der Waals surface area contributed by atoms with Gasteiger partial charge in [-0.05, 0) is 33.8 Å². The summed E-state index contributed by atoms with van der Waals surface area (Å²) in [5.74, 6) is -0.937. The lowest BCUT2D eigenvalue weighted by Gasteiger charge is -2.32. The van der Waals surface area contributed by atoms with E-state index >= 15 is 0 Å². The maximum absolute atomic E-state index is 14.3. The van der Waals surface area contributed by atoms with E-state index in [0.717, 1.165) is 6.07 Å². The Morgan fingerprint density at radius 2 is 1.65 bits per heavy atom. The second-order valence-corrected chi connectivity index (χ2v) is 7.32. The fourth-order valence-corrected chi connectivity index (χ4v) is 2.54. The van der Waals surface area contributed by atoms with E-state index in [0.29, 0.717) is 0 Å². The van der Waals surface area contributed by atoms with Crippen LogP contribution in [0.15, 0.2) is 23.1 Å². The van der Waals surface area contributed by atoms with Gasteiger partial charge < -0.3 is 9.31 Å². The molecule has 0 amide bonds. The van der Waals surface area contributed by atoms with Crippen molar-refractivity contribution in [2.45, 2.75) is 43.8 Å². The summed E-state index contributed by atoms with van der Waals surface area (Å²) < 4.78 is 48.4. The molecule has 2 rings (SSSR count). The van der Waals surface area contributed by atoms with Gasteiger partial charge in [0.15, 0.2) is 0 Å². The van der Waals surface area contributed by atoms with Gasteiger partial charge in [0.05, 0.1) is 11.2 Å². The lowest BCUT2D eigenvalue weighted by molar-refractivity contribution is 0.00578. The maximum Gasteiger partial charge on any atom is 0.497 e. The molecule has 110 valence electrons. The van der Waals surface area contributed by atoms with Gasteiger partial charge in [-0.15, -0.1) is 0 Å². The van der Waals surface area contributed by atoms with E-state index in [1.165, 1.54) is 12.1 Å². The average molecular weight is 301 g/mol. The van der Waals surface area contributed by atoms with Gasteiger partial charge in [0, 0.05) is 5.46 Å². The first-order valence-corrected chi connectivity index (χ1v) is 7.67. The Balaban J connectivity index is 2.47. The Labute approximate surface area is 118 Å². The second kappa shape index (κ2) is 4.52. The molecule has 0 unspecified atom stereocenters. The predicted octanol–water partition coefficient (Wildman–Crippen LogP) is 0.772. The zero-order valence-electron chi connectivity index (χ0n) is 11.8. The third-order valence-electron chi connectivity index (χ3n) is 3.81. The number of benzene rings is 1. The normalized spacial score (nSPS) is 21.2. The van der Waals surface area contributed by atoms with E-state index in [2.05, 4.69) is 0 Å². The molecule has 1 aliphatic heterocycles. The number of nitrogens with two attached hydrogens (primary N) is 1. The average Bonchev–Trinajstić information content (AvgIpc) is 2.46. The third kappa shape index (κ3) is 2.48. The molecule has 0 bridgehead atoms. The highest BCUT2D eigenvalue weighted by Gasteiger charge is 2.52. The van der Waals surface area contributed by atoms with Crippen molar-refractivity contribution >= 4 is 22.6 Å². The minimum absolute atomic E-state index is 0.0233. The molecule has 1 fully saturated rings. The number of hydrogen-bond acceptors (Lipinski definition) is 4. The molecule has 0 radical (unpaired) electrons. The van der Waals surface area contributed by atoms with E-state index in [4.69, 9.17) is 14.4 Å². The van der Waals surface area contributed by atoms with Crippen molar-refractivity contribution in [1.82, 2.24) is 0 Å². The summed E-state index contributed by atoms with van der Waals surface area (Å²) in [6, 6.07) is 3.94. The number of sulfonamides is 1. The molecule has 2 N–H and O–H groups in total. The molecule has 1 aromatic rings. The van der Waals surface area contributed by atoms with Crippen LogP contribution in [-0.2, 0) is 19.3 Å². The Bertz CT molecular complexity index is 629. The first-order chi connectivity index (χ1) is 8.96. The lowest BCUT2D eigenvalue weighted by atomic mass is 9.79. The SMILES string of the molecule is CC1(C)OB(c2cccc(S(N)(=O)=O)c2F)OC1(C)C. The van der Waals surface area contributed by atoms with Crippen molar-refractivity contribution < 1.29 is 22.1 Å². The van der Waals surface area contributed by atoms with Gasteiger partial charge in [-0.3, -0.25) is 0 Å². The zero-order chi connectivity index (χ0) is 15.3. The van der Waals surface area contributed by atoms with Gasteiger partial charge in [0.25, 0.3) is 0 Å². The van der Waals surface area contributed by atoms with Gasteiger partial charge in [-0.1, -0.05) is 12.1 Å². The molecule has 1 heterocycles. The molecular weight excluding hydrogens is 284 g/mol. The monoisotopic (exact) mass is 301 g/mol. The molecular formula is C12H17BFNO4S. The minimum Gasteiger partial charge on any atom is -0.399 e. The topological polar surface area (TPSA) is 78.6 Å². The van der Waals surface area contributed by atoms with Crippen LogP contribution in [0.4, 0.5) is 4.39 Å². The first-order valence-electron chi connectivity index (χ1n) is 6.12. The summed E-state index contributed by atoms with van der Waals surface area (Å²) in [4.78, 5) is -0.565. The summed E-state index contributed by atoms with van der Waals surface area (Å²) >= 11 is 0. The zero-order valence-corrected chi connectivity index (χ0v) is 12.6. The van der Waals surface area contributed by atoms with E-state index in [-0.39, 0.29) is 5.46 Å². The van der Waals surface area contributed by atoms with Gasteiger partial charge in [-0.2, -0.15) is 0 Å². The van der Waals surface area contributed by atoms with Crippen molar-refractivity contribution in [3.05, 3.63) is 24.0 Å². The van der Waals surface area contributed by atoms with Gasteiger partial charge in [-0.25, -0.2) is 17.9 Å². The number of primary sulfonamides is 1. The molecule has 8 heteroatoms. The number of halogens is 1. The second-order valence-electron chi connectivity index (χ2n) is 5.79. The van der Waals surface area contributed by atoms with Crippen molar-refractivity contribution in [2.24, 2.45) is 5.14 Å². The van der Waals surface area contributed by atoms with Crippen LogP contribution in [0, 0.1) is 5.82 Å². The molecule has 1 aromatic carbocycles. The van der Waals surface area contributed by atoms with Crippen LogP contribution >= 0.6 is 0 Å². The molecule has 0 spiro atoms. The Hall–Kier alpha value is -0.955. The molecule has 0 saturated carbocycles. The predicted molar refractivity (Wildman–Crippen MR) is 73.5 cm³/mol. The fraction of sp³-hybridized carbons (Fsp3) is 0.500. The van der Waals surface area contributed by atoms with Gasteiger partial charge >= 0.3 is 7.12 Å². The number of hydrogen-bond donors (Lipinski definition) is 1. The van der Waals surface area contributed by atoms with Crippen LogP contribution in [0.3, 0.4) is 0 Å². The molecule has 20 heavy (non-hydrogen) atoms. The van der Waals surface area contributed by atoms with E-state index < -0.39 is 39.1 Å². The maximum atomic E-state index is 14.3. The first kappa shape index (κ1) is 15.4. The van der Waals surface area contributed by atoms with E-state index in [9.17, 15) is 12.8 Å². The molecule has 5 nitrogen and oxygen atoms in total. The van der Waals surface area contributed by atoms with E-state index in [1.54, 1.807) is 0 Å². The quantitative estimate of drug-likeness (QED) is 0.819. The largest absolute Gasteiger partial charge is 0.497 e. The van der Waals surface area contributed by atoms with Crippen LogP contribution in [0.5, 0.6) is 0 Å². The highest BCUT2D eigenvalue weighted by Crippen LogP contribution is 2.36. The van der Waals surface area contributed by atoms with E-state index in [1.807, 2.05) is 27.7 Å². The molecule has 0 atom stereocenters. The third-order valence-corrected chi connectivity index (χ3v) is 4.74. The van der Waals surface area contributed by atoms with Crippen molar-refractivity contribution in [3.63, 3.8) is 0 Å². The van der Waals surface area contributed by atoms with Gasteiger partial charge in [0.2, 0.25) is 10.0 Å². The van der Waals surface area contributed by atoms with Crippen molar-refractivity contribution in [3.8, 4) is 0 Å². The molecule has 0 aromatic heterocycles. The van der Waals surface area contributed by atoms with Crippen molar-refractivity contribution in [1.29, 1.82) is 0 Å². The highest BCUT2D eigenvalue weighted by atomic mass is 32.2. The lowest BCUT2D eigenvalue weighted by Crippen LogP contribution is -2.41. The van der Waals surface area contributed by atoms with Crippen LogP contribution in [0.1, 0.15) is 27.7 Å². The minimum atomic E-state index is -4.13. The van der Waals surface area contributed by atoms with Crippen LogP contribution < -0.4 is 10.6 Å². The Morgan fingerprint density at radius 3 is 2.10 bits per heavy atom. The summed E-state index contributed by atoms with van der Waals surface area (Å²) in [6.45, 7) is 7.31. The Kier molecular flexibility index (Phi) is 3.49. The van der Waals surface area contributed by atoms with Crippen LogP contribution in [0.2, 0.25) is 0 Å². The summed E-state index contributed by atoms with van der Waals surface area (Å²) in [6.07, 6.45) is 0. The summed E-state index contributed by atoms with van der Waals surface area (Å²) in [7, 11) is -5.10. The van der Waals surface area contributed by atoms with Crippen LogP contribution in [-0.4, -0.2) is 26.7 Å².